The molecule has 0 radical (unpaired) electrons. The van der Waals surface area contributed by atoms with E-state index in [2.05, 4.69) is 39.5 Å². The van der Waals surface area contributed by atoms with E-state index in [4.69, 9.17) is 34.4 Å². The lowest BCUT2D eigenvalue weighted by molar-refractivity contribution is -0.275. The second-order valence-electron chi connectivity index (χ2n) is 9.73. The summed E-state index contributed by atoms with van der Waals surface area (Å²) >= 11 is 11.5. The number of benzene rings is 2. The summed E-state index contributed by atoms with van der Waals surface area (Å²) in [5.41, 5.74) is 0.581. The third kappa shape index (κ3) is 16.2. The molecule has 2 aromatic carbocycles. The quantitative estimate of drug-likeness (QED) is 0.0632. The van der Waals surface area contributed by atoms with Crippen LogP contribution in [-0.4, -0.2) is 66.8 Å². The minimum Gasteiger partial charge on any atom is -0.460 e. The first-order valence-electron chi connectivity index (χ1n) is 13.7. The van der Waals surface area contributed by atoms with Crippen LogP contribution in [0, 0.1) is 12.3 Å². The lowest BCUT2D eigenvalue weighted by Crippen LogP contribution is -2.17. The molecule has 0 spiro atoms. The number of hydrogen-bond donors (Lipinski definition) is 1. The molecule has 1 N–H and O–H groups in total. The SMILES string of the molecule is C#CC(=O)OC(C)C.CC(C)OC(=O)/C=C\n1cnc(-c2cc(Cl)cc(OC(F)(F)F)c2)n1.FC(F)(F)Oc1cc(Cl)cc(-c2ncn[nH]2)c1. The van der Waals surface area contributed by atoms with E-state index < -0.39 is 36.2 Å². The van der Waals surface area contributed by atoms with Crippen molar-refractivity contribution in [1.82, 2.24) is 29.9 Å². The zero-order valence-corrected chi connectivity index (χ0v) is 27.7. The zero-order chi connectivity index (χ0) is 37.6. The van der Waals surface area contributed by atoms with Crippen LogP contribution in [0.25, 0.3) is 29.0 Å². The van der Waals surface area contributed by atoms with Crippen molar-refractivity contribution in [2.24, 2.45) is 0 Å². The van der Waals surface area contributed by atoms with E-state index >= 15 is 0 Å². The van der Waals surface area contributed by atoms with Gasteiger partial charge in [-0.25, -0.2) is 24.2 Å². The smallest absolute Gasteiger partial charge is 0.460 e. The molecule has 0 bridgehead atoms. The number of halogens is 8. The number of aromatic amines is 1. The topological polar surface area (TPSA) is 143 Å². The minimum atomic E-state index is -4.84. The van der Waals surface area contributed by atoms with Gasteiger partial charge in [-0.05, 0) is 64.1 Å². The van der Waals surface area contributed by atoms with Crippen LogP contribution in [0.5, 0.6) is 11.5 Å². The van der Waals surface area contributed by atoms with E-state index in [1.807, 2.05) is 5.92 Å². The lowest BCUT2D eigenvalue weighted by Gasteiger charge is -2.10. The molecule has 0 aliphatic heterocycles. The summed E-state index contributed by atoms with van der Waals surface area (Å²) in [6, 6.07) is 7.20. The van der Waals surface area contributed by atoms with Crippen LogP contribution in [0.1, 0.15) is 27.7 Å². The molecule has 268 valence electrons. The van der Waals surface area contributed by atoms with Crippen molar-refractivity contribution < 1.29 is 54.9 Å². The van der Waals surface area contributed by atoms with Gasteiger partial charge in [0.25, 0.3) is 0 Å². The summed E-state index contributed by atoms with van der Waals surface area (Å²) in [6.07, 6.45) is -0.312. The molecular weight excluding hydrogens is 725 g/mol. The zero-order valence-electron chi connectivity index (χ0n) is 26.2. The molecule has 0 aliphatic rings. The van der Waals surface area contributed by atoms with Crippen LogP contribution in [0.2, 0.25) is 10.0 Å². The molecular formula is C30H26Cl2F6N6O6. The van der Waals surface area contributed by atoms with Gasteiger partial charge in [0, 0.05) is 39.4 Å². The van der Waals surface area contributed by atoms with E-state index in [0.29, 0.717) is 11.4 Å². The Morgan fingerprint density at radius 1 is 0.860 bits per heavy atom. The maximum atomic E-state index is 12.3. The van der Waals surface area contributed by atoms with Gasteiger partial charge >= 0.3 is 24.7 Å². The molecule has 4 aromatic rings. The Labute approximate surface area is 290 Å². The molecule has 0 unspecified atom stereocenters. The van der Waals surface area contributed by atoms with Crippen LogP contribution in [-0.2, 0) is 19.1 Å². The van der Waals surface area contributed by atoms with Gasteiger partial charge in [-0.1, -0.05) is 23.2 Å². The monoisotopic (exact) mass is 750 g/mol. The summed E-state index contributed by atoms with van der Waals surface area (Å²) in [7, 11) is 0. The van der Waals surface area contributed by atoms with Crippen LogP contribution >= 0.6 is 23.2 Å². The van der Waals surface area contributed by atoms with Gasteiger partial charge in [-0.2, -0.15) is 5.10 Å². The number of rotatable bonds is 8. The first-order chi connectivity index (χ1) is 23.2. The summed E-state index contributed by atoms with van der Waals surface area (Å²) < 4.78 is 91.4. The number of esters is 2. The summed E-state index contributed by atoms with van der Waals surface area (Å²) in [5.74, 6) is 0.201. The van der Waals surface area contributed by atoms with Crippen molar-refractivity contribution in [2.45, 2.75) is 52.6 Å². The molecule has 2 aromatic heterocycles. The molecule has 0 fully saturated rings. The largest absolute Gasteiger partial charge is 0.573 e. The molecule has 0 saturated heterocycles. The van der Waals surface area contributed by atoms with E-state index in [1.165, 1.54) is 41.7 Å². The van der Waals surface area contributed by atoms with E-state index in [9.17, 15) is 35.9 Å². The maximum absolute atomic E-state index is 12.3. The maximum Gasteiger partial charge on any atom is 0.573 e. The van der Waals surface area contributed by atoms with Gasteiger partial charge in [-0.15, -0.1) is 37.9 Å². The highest BCUT2D eigenvalue weighted by Crippen LogP contribution is 2.31. The molecule has 50 heavy (non-hydrogen) atoms. The number of nitrogens with one attached hydrogen (secondary N) is 1. The summed E-state index contributed by atoms with van der Waals surface area (Å²) in [5, 5.41) is 10.3. The Morgan fingerprint density at radius 3 is 1.86 bits per heavy atom. The van der Waals surface area contributed by atoms with Crippen LogP contribution in [0.4, 0.5) is 26.3 Å². The van der Waals surface area contributed by atoms with Gasteiger partial charge in [0.05, 0.1) is 12.2 Å². The number of terminal acetylenes is 1. The second-order valence-corrected chi connectivity index (χ2v) is 10.6. The highest BCUT2D eigenvalue weighted by molar-refractivity contribution is 6.31. The van der Waals surface area contributed by atoms with Gasteiger partial charge < -0.3 is 18.9 Å². The average Bonchev–Trinajstić information content (AvgIpc) is 3.67. The van der Waals surface area contributed by atoms with Crippen molar-refractivity contribution in [3.63, 3.8) is 0 Å². The standard InChI is InChI=1S/C15H13ClF3N3O3.C9H5ClF3N3O.C6H8O2/c1-9(2)24-13(23)3-4-22-8-20-14(21-22)10-5-11(16)7-12(6-10)25-15(17,18)19;10-6-1-5(8-14-4-15-16-8)2-7(3-6)17-9(11,12)13;1-4-6(7)8-5(2)3/h3-9H,1-2H3;1-4H,(H,14,15,16);1,5H,2-3H3/b4-3-;;. The highest BCUT2D eigenvalue weighted by atomic mass is 35.5. The van der Waals surface area contributed by atoms with Gasteiger partial charge in [0.15, 0.2) is 11.6 Å². The first kappa shape index (κ1) is 40.9. The average molecular weight is 751 g/mol. The molecule has 0 atom stereocenters. The molecule has 2 heterocycles. The van der Waals surface area contributed by atoms with Gasteiger partial charge in [0.1, 0.15) is 24.2 Å². The number of ether oxygens (including phenoxy) is 4. The first-order valence-corrected chi connectivity index (χ1v) is 14.4. The van der Waals surface area contributed by atoms with E-state index in [1.54, 1.807) is 27.7 Å². The number of alkyl halides is 6. The van der Waals surface area contributed by atoms with Crippen LogP contribution in [0.15, 0.2) is 55.1 Å². The Kier molecular flexibility index (Phi) is 15.1. The van der Waals surface area contributed by atoms with Gasteiger partial charge in [-0.3, -0.25) is 5.10 Å². The van der Waals surface area contributed by atoms with Crippen LogP contribution < -0.4 is 9.47 Å². The fraction of sp³-hybridized carbons (Fsp3) is 0.267. The summed E-state index contributed by atoms with van der Waals surface area (Å²) in [6.45, 7) is 6.91. The van der Waals surface area contributed by atoms with E-state index in [0.717, 1.165) is 24.3 Å². The van der Waals surface area contributed by atoms with Crippen molar-refractivity contribution >= 4 is 41.3 Å². The van der Waals surface area contributed by atoms with E-state index in [-0.39, 0.29) is 33.6 Å². The Balaban J connectivity index is 0.000000298. The second kappa shape index (κ2) is 18.5. The van der Waals surface area contributed by atoms with Crippen LogP contribution in [0.3, 0.4) is 0 Å². The Morgan fingerprint density at radius 2 is 1.40 bits per heavy atom. The fourth-order valence-corrected chi connectivity index (χ4v) is 3.71. The molecule has 0 amide bonds. The van der Waals surface area contributed by atoms with Gasteiger partial charge in [0.2, 0.25) is 0 Å². The molecule has 0 saturated carbocycles. The molecule has 20 heteroatoms. The summed E-state index contributed by atoms with van der Waals surface area (Å²) in [4.78, 5) is 29.3. The molecule has 4 rings (SSSR count). The predicted molar refractivity (Wildman–Crippen MR) is 167 cm³/mol. The minimum absolute atomic E-state index is 0.0316. The number of carbonyl (C=O) groups is 2. The number of hydrogen-bond acceptors (Lipinski definition) is 10. The Bertz CT molecular complexity index is 1790. The predicted octanol–water partition coefficient (Wildman–Crippen LogP) is 7.51. The Hall–Kier alpha value is -5.28. The third-order valence-electron chi connectivity index (χ3n) is 4.84. The fourth-order valence-electron chi connectivity index (χ4n) is 3.26. The number of H-pyrrole nitrogens is 1. The normalized spacial score (nSPS) is 11.2. The highest BCUT2D eigenvalue weighted by Gasteiger charge is 2.32. The number of aromatic nitrogens is 6. The molecule has 0 aliphatic carbocycles. The molecule has 12 nitrogen and oxygen atoms in total. The number of carbonyl (C=O) groups excluding carboxylic acids is 2. The van der Waals surface area contributed by atoms with Crippen molar-refractivity contribution in [2.75, 3.05) is 0 Å². The third-order valence-corrected chi connectivity index (χ3v) is 5.28. The van der Waals surface area contributed by atoms with Crippen molar-refractivity contribution in [1.29, 1.82) is 0 Å². The van der Waals surface area contributed by atoms with Crippen molar-refractivity contribution in [3.05, 3.63) is 65.2 Å². The number of nitrogens with zero attached hydrogens (tertiary/aromatic N) is 5. The van der Waals surface area contributed by atoms with Crippen molar-refractivity contribution in [3.8, 4) is 46.6 Å². The lowest BCUT2D eigenvalue weighted by atomic mass is 10.2.